The molecule has 0 atom stereocenters. The van der Waals surface area contributed by atoms with Crippen LogP contribution in [0.4, 0.5) is 0 Å². The number of carbonyl (C=O) groups is 1. The second kappa shape index (κ2) is 4.50. The van der Waals surface area contributed by atoms with Gasteiger partial charge in [-0.2, -0.15) is 0 Å². The highest BCUT2D eigenvalue weighted by Crippen LogP contribution is 2.20. The van der Waals surface area contributed by atoms with E-state index in [0.29, 0.717) is 5.56 Å². The minimum Gasteiger partial charge on any atom is -0.276 e. The van der Waals surface area contributed by atoms with E-state index in [9.17, 15) is 4.79 Å². The molecule has 16 heavy (non-hydrogen) atoms. The van der Waals surface area contributed by atoms with Crippen LogP contribution in [-0.4, -0.2) is 5.24 Å². The van der Waals surface area contributed by atoms with Crippen molar-refractivity contribution in [3.05, 3.63) is 59.7 Å². The van der Waals surface area contributed by atoms with Crippen molar-refractivity contribution in [2.75, 3.05) is 0 Å². The van der Waals surface area contributed by atoms with Crippen LogP contribution >= 0.6 is 11.6 Å². The Morgan fingerprint density at radius 2 is 1.31 bits per heavy atom. The lowest BCUT2D eigenvalue weighted by Gasteiger charge is -2.02. The fraction of sp³-hybridized carbons (Fsp3) is 0.0714. The summed E-state index contributed by atoms with van der Waals surface area (Å²) in [6.07, 6.45) is 0. The largest absolute Gasteiger partial charge is 0.276 e. The fourth-order valence-corrected chi connectivity index (χ4v) is 1.67. The number of benzene rings is 2. The van der Waals surface area contributed by atoms with Crippen LogP contribution in [0.25, 0.3) is 11.1 Å². The zero-order chi connectivity index (χ0) is 11.5. The zero-order valence-electron chi connectivity index (χ0n) is 8.91. The molecule has 0 unspecified atom stereocenters. The third-order valence-corrected chi connectivity index (χ3v) is 2.71. The first-order valence-electron chi connectivity index (χ1n) is 5.04. The van der Waals surface area contributed by atoms with Gasteiger partial charge in [-0.3, -0.25) is 4.79 Å². The molecule has 1 nitrogen and oxygen atoms in total. The Labute approximate surface area is 99.7 Å². The van der Waals surface area contributed by atoms with Crippen LogP contribution in [0.15, 0.2) is 48.5 Å². The van der Waals surface area contributed by atoms with Crippen molar-refractivity contribution in [1.29, 1.82) is 0 Å². The highest BCUT2D eigenvalue weighted by atomic mass is 35.5. The predicted molar refractivity (Wildman–Crippen MR) is 66.8 cm³/mol. The number of hydrogen-bond acceptors (Lipinski definition) is 1. The number of carbonyl (C=O) groups excluding carboxylic acids is 1. The minimum atomic E-state index is -0.421. The maximum Gasteiger partial charge on any atom is 0.252 e. The van der Waals surface area contributed by atoms with Crippen molar-refractivity contribution in [2.24, 2.45) is 0 Å². The average molecular weight is 231 g/mol. The maximum atomic E-state index is 10.9. The molecule has 0 saturated carbocycles. The first-order valence-corrected chi connectivity index (χ1v) is 5.41. The van der Waals surface area contributed by atoms with E-state index in [1.165, 1.54) is 5.56 Å². The van der Waals surface area contributed by atoms with Gasteiger partial charge in [-0.05, 0) is 41.8 Å². The van der Waals surface area contributed by atoms with E-state index in [2.05, 4.69) is 31.2 Å². The Kier molecular flexibility index (Phi) is 3.07. The molecule has 80 valence electrons. The number of aryl methyl sites for hydroxylation is 1. The topological polar surface area (TPSA) is 17.1 Å². The zero-order valence-corrected chi connectivity index (χ0v) is 9.66. The smallest absolute Gasteiger partial charge is 0.252 e. The van der Waals surface area contributed by atoms with Crippen molar-refractivity contribution in [3.8, 4) is 11.1 Å². The van der Waals surface area contributed by atoms with Crippen molar-refractivity contribution in [1.82, 2.24) is 0 Å². The third-order valence-electron chi connectivity index (χ3n) is 2.50. The molecule has 2 aromatic rings. The van der Waals surface area contributed by atoms with Gasteiger partial charge in [0, 0.05) is 5.56 Å². The molecule has 0 aliphatic heterocycles. The summed E-state index contributed by atoms with van der Waals surface area (Å²) < 4.78 is 0. The lowest BCUT2D eigenvalue weighted by atomic mass is 10.0. The summed E-state index contributed by atoms with van der Waals surface area (Å²) in [5.41, 5.74) is 3.98. The van der Waals surface area contributed by atoms with Crippen LogP contribution in [0.3, 0.4) is 0 Å². The standard InChI is InChI=1S/C14H11ClO/c1-10-2-4-11(5-3-10)12-6-8-13(9-7-12)14(15)16/h2-9H,1H3. The number of rotatable bonds is 2. The molecule has 0 radical (unpaired) electrons. The van der Waals surface area contributed by atoms with E-state index in [1.807, 2.05) is 12.1 Å². The summed E-state index contributed by atoms with van der Waals surface area (Å²) in [4.78, 5) is 10.9. The molecule has 0 aliphatic rings. The molecule has 2 aromatic carbocycles. The molecule has 0 amide bonds. The van der Waals surface area contributed by atoms with Gasteiger partial charge in [-0.25, -0.2) is 0 Å². The summed E-state index contributed by atoms with van der Waals surface area (Å²) >= 11 is 5.38. The summed E-state index contributed by atoms with van der Waals surface area (Å²) in [6.45, 7) is 2.05. The molecule has 0 N–H and O–H groups in total. The van der Waals surface area contributed by atoms with Gasteiger partial charge in [0.05, 0.1) is 0 Å². The molecule has 2 heteroatoms. The summed E-state index contributed by atoms with van der Waals surface area (Å²) in [5.74, 6) is 0. The first-order chi connectivity index (χ1) is 7.66. The molecule has 0 saturated heterocycles. The number of hydrogen-bond donors (Lipinski definition) is 0. The Morgan fingerprint density at radius 3 is 1.75 bits per heavy atom. The summed E-state index contributed by atoms with van der Waals surface area (Å²) in [6, 6.07) is 15.5. The van der Waals surface area contributed by atoms with Crippen LogP contribution in [0.5, 0.6) is 0 Å². The first kappa shape index (κ1) is 10.9. The summed E-state index contributed by atoms with van der Waals surface area (Å²) in [7, 11) is 0. The van der Waals surface area contributed by atoms with E-state index < -0.39 is 5.24 Å². The van der Waals surface area contributed by atoms with Crippen molar-refractivity contribution in [2.45, 2.75) is 6.92 Å². The van der Waals surface area contributed by atoms with Gasteiger partial charge in [0.1, 0.15) is 0 Å². The van der Waals surface area contributed by atoms with Crippen LogP contribution in [0, 0.1) is 6.92 Å². The lowest BCUT2D eigenvalue weighted by molar-refractivity contribution is 0.108. The van der Waals surface area contributed by atoms with Crippen LogP contribution in [0.1, 0.15) is 15.9 Å². The van der Waals surface area contributed by atoms with Gasteiger partial charge >= 0.3 is 0 Å². The highest BCUT2D eigenvalue weighted by Gasteiger charge is 2.02. The molecule has 0 heterocycles. The molecule has 0 fully saturated rings. The Balaban J connectivity index is 2.34. The van der Waals surface area contributed by atoms with Crippen LogP contribution in [-0.2, 0) is 0 Å². The van der Waals surface area contributed by atoms with E-state index in [1.54, 1.807) is 12.1 Å². The van der Waals surface area contributed by atoms with Gasteiger partial charge in [0.2, 0.25) is 0 Å². The van der Waals surface area contributed by atoms with E-state index in [0.717, 1.165) is 11.1 Å². The monoisotopic (exact) mass is 230 g/mol. The molecule has 0 bridgehead atoms. The van der Waals surface area contributed by atoms with E-state index in [4.69, 9.17) is 11.6 Å². The fourth-order valence-electron chi connectivity index (χ4n) is 1.54. The van der Waals surface area contributed by atoms with E-state index in [-0.39, 0.29) is 0 Å². The van der Waals surface area contributed by atoms with E-state index >= 15 is 0 Å². The molecule has 2 rings (SSSR count). The van der Waals surface area contributed by atoms with Crippen molar-refractivity contribution < 1.29 is 4.79 Å². The van der Waals surface area contributed by atoms with Crippen molar-refractivity contribution in [3.63, 3.8) is 0 Å². The second-order valence-corrected chi connectivity index (χ2v) is 4.06. The normalized spacial score (nSPS) is 10.1. The third kappa shape index (κ3) is 2.31. The Bertz CT molecular complexity index is 497. The van der Waals surface area contributed by atoms with Crippen molar-refractivity contribution >= 4 is 16.8 Å². The van der Waals surface area contributed by atoms with Gasteiger partial charge in [0.15, 0.2) is 0 Å². The highest BCUT2D eigenvalue weighted by molar-refractivity contribution is 6.67. The van der Waals surface area contributed by atoms with Gasteiger partial charge < -0.3 is 0 Å². The quantitative estimate of drug-likeness (QED) is 0.712. The second-order valence-electron chi connectivity index (χ2n) is 3.72. The average Bonchev–Trinajstić information content (AvgIpc) is 2.30. The molecule has 0 aromatic heterocycles. The predicted octanol–water partition coefficient (Wildman–Crippen LogP) is 4.04. The van der Waals surface area contributed by atoms with Gasteiger partial charge in [-0.1, -0.05) is 42.0 Å². The Hall–Kier alpha value is -1.60. The van der Waals surface area contributed by atoms with Gasteiger partial charge in [-0.15, -0.1) is 0 Å². The lowest BCUT2D eigenvalue weighted by Crippen LogP contribution is -1.87. The van der Waals surface area contributed by atoms with Gasteiger partial charge in [0.25, 0.3) is 5.24 Å². The molecule has 0 aliphatic carbocycles. The summed E-state index contributed by atoms with van der Waals surface area (Å²) in [5, 5.41) is -0.421. The number of halogens is 1. The SMILES string of the molecule is Cc1ccc(-c2ccc(C(=O)Cl)cc2)cc1. The van der Waals surface area contributed by atoms with Crippen LogP contribution in [0.2, 0.25) is 0 Å². The maximum absolute atomic E-state index is 10.9. The molecular formula is C14H11ClO. The molecule has 0 spiro atoms. The molecular weight excluding hydrogens is 220 g/mol. The Morgan fingerprint density at radius 1 is 0.875 bits per heavy atom. The minimum absolute atomic E-state index is 0.421. The van der Waals surface area contributed by atoms with Crippen LogP contribution < -0.4 is 0 Å².